The van der Waals surface area contributed by atoms with Crippen LogP contribution in [0.25, 0.3) is 22.3 Å². The minimum absolute atomic E-state index is 0.0389. The van der Waals surface area contributed by atoms with Crippen LogP contribution in [0.15, 0.2) is 31.0 Å². The van der Waals surface area contributed by atoms with Gasteiger partial charge in [-0.2, -0.15) is 27.8 Å². The first kappa shape index (κ1) is 20.3. The SMILES string of the molecule is N#CCC1(n2cc(-c3ncnc4[nH]ccc34)cn2)CN(S(=O)(=O)CCC(F)(F)F)C1. The molecule has 0 radical (unpaired) electrons. The van der Waals surface area contributed by atoms with Crippen molar-refractivity contribution in [3.63, 3.8) is 0 Å². The van der Waals surface area contributed by atoms with Crippen molar-refractivity contribution in [2.75, 3.05) is 18.8 Å². The lowest BCUT2D eigenvalue weighted by atomic mass is 9.89. The predicted molar refractivity (Wildman–Crippen MR) is 99.3 cm³/mol. The van der Waals surface area contributed by atoms with Crippen molar-refractivity contribution in [2.45, 2.75) is 24.6 Å². The molecule has 4 rings (SSSR count). The minimum atomic E-state index is -4.56. The molecule has 3 aromatic rings. The first-order chi connectivity index (χ1) is 14.1. The van der Waals surface area contributed by atoms with Gasteiger partial charge in [0.05, 0.1) is 36.6 Å². The van der Waals surface area contributed by atoms with Crippen LogP contribution >= 0.6 is 0 Å². The first-order valence-electron chi connectivity index (χ1n) is 8.89. The number of hydrogen-bond donors (Lipinski definition) is 1. The summed E-state index contributed by atoms with van der Waals surface area (Å²) in [6, 6.07) is 3.83. The summed E-state index contributed by atoms with van der Waals surface area (Å²) in [6.45, 7) is -0.240. The zero-order valence-electron chi connectivity index (χ0n) is 15.5. The molecule has 0 aliphatic carbocycles. The molecule has 1 saturated heterocycles. The molecule has 3 aromatic heterocycles. The highest BCUT2D eigenvalue weighted by Gasteiger charge is 2.50. The molecule has 1 N–H and O–H groups in total. The highest BCUT2D eigenvalue weighted by Crippen LogP contribution is 2.36. The summed E-state index contributed by atoms with van der Waals surface area (Å²) in [5.74, 6) is -1.02. The van der Waals surface area contributed by atoms with Crippen LogP contribution in [0.2, 0.25) is 0 Å². The summed E-state index contributed by atoms with van der Waals surface area (Å²) in [5, 5.41) is 14.3. The van der Waals surface area contributed by atoms with E-state index >= 15 is 0 Å². The van der Waals surface area contributed by atoms with Crippen molar-refractivity contribution in [1.82, 2.24) is 29.0 Å². The smallest absolute Gasteiger partial charge is 0.346 e. The maximum absolute atomic E-state index is 12.4. The van der Waals surface area contributed by atoms with Crippen molar-refractivity contribution >= 4 is 21.1 Å². The second kappa shape index (κ2) is 7.06. The molecule has 1 aliphatic heterocycles. The third-order valence-corrected chi connectivity index (χ3v) is 6.85. The van der Waals surface area contributed by atoms with Gasteiger partial charge in [0.15, 0.2) is 0 Å². The summed E-state index contributed by atoms with van der Waals surface area (Å²) in [5.41, 5.74) is 0.971. The predicted octanol–water partition coefficient (Wildman–Crippen LogP) is 2.03. The van der Waals surface area contributed by atoms with Crippen LogP contribution in [0.5, 0.6) is 0 Å². The summed E-state index contributed by atoms with van der Waals surface area (Å²) >= 11 is 0. The summed E-state index contributed by atoms with van der Waals surface area (Å²) in [6.07, 6.45) is 0.321. The van der Waals surface area contributed by atoms with Crippen LogP contribution in [0.3, 0.4) is 0 Å². The van der Waals surface area contributed by atoms with Crippen molar-refractivity contribution in [2.24, 2.45) is 0 Å². The molecular formula is C17H16F3N7O2S. The molecule has 13 heteroatoms. The number of hydrogen-bond acceptors (Lipinski definition) is 6. The number of aromatic amines is 1. The van der Waals surface area contributed by atoms with Crippen LogP contribution in [0.4, 0.5) is 13.2 Å². The maximum atomic E-state index is 12.4. The van der Waals surface area contributed by atoms with Crippen molar-refractivity contribution < 1.29 is 21.6 Å². The summed E-state index contributed by atoms with van der Waals surface area (Å²) < 4.78 is 64.1. The zero-order chi connectivity index (χ0) is 21.6. The molecular weight excluding hydrogens is 423 g/mol. The molecule has 0 saturated carbocycles. The average Bonchev–Trinajstić information content (AvgIpc) is 3.31. The first-order valence-corrected chi connectivity index (χ1v) is 10.5. The lowest BCUT2D eigenvalue weighted by molar-refractivity contribution is -0.130. The van der Waals surface area contributed by atoms with Gasteiger partial charge < -0.3 is 4.98 Å². The van der Waals surface area contributed by atoms with Crippen LogP contribution < -0.4 is 0 Å². The monoisotopic (exact) mass is 439 g/mol. The van der Waals surface area contributed by atoms with Gasteiger partial charge in [0.25, 0.3) is 0 Å². The molecule has 0 unspecified atom stereocenters. The van der Waals surface area contributed by atoms with E-state index in [-0.39, 0.29) is 19.5 Å². The van der Waals surface area contributed by atoms with Crippen molar-refractivity contribution in [3.8, 4) is 17.3 Å². The Labute approximate surface area is 169 Å². The van der Waals surface area contributed by atoms with E-state index in [4.69, 9.17) is 0 Å². The molecule has 1 fully saturated rings. The summed E-state index contributed by atoms with van der Waals surface area (Å²) in [7, 11) is -4.08. The third-order valence-electron chi connectivity index (χ3n) is 5.08. The Balaban J connectivity index is 1.57. The van der Waals surface area contributed by atoms with Gasteiger partial charge in [-0.3, -0.25) is 4.68 Å². The number of fused-ring (bicyclic) bond motifs is 1. The number of nitrogens with one attached hydrogen (secondary N) is 1. The second-order valence-corrected chi connectivity index (χ2v) is 9.23. The fourth-order valence-electron chi connectivity index (χ4n) is 3.47. The Morgan fingerprint density at radius 2 is 2.07 bits per heavy atom. The number of rotatable bonds is 6. The van der Waals surface area contributed by atoms with Gasteiger partial charge in [0.2, 0.25) is 10.0 Å². The van der Waals surface area contributed by atoms with Crippen LogP contribution in [-0.2, 0) is 15.6 Å². The van der Waals surface area contributed by atoms with Gasteiger partial charge in [-0.25, -0.2) is 18.4 Å². The van der Waals surface area contributed by atoms with Gasteiger partial charge in [-0.1, -0.05) is 0 Å². The molecule has 4 heterocycles. The Morgan fingerprint density at radius 1 is 1.30 bits per heavy atom. The maximum Gasteiger partial charge on any atom is 0.390 e. The van der Waals surface area contributed by atoms with E-state index in [9.17, 15) is 26.9 Å². The van der Waals surface area contributed by atoms with Gasteiger partial charge in [-0.15, -0.1) is 0 Å². The Hall–Kier alpha value is -2.98. The van der Waals surface area contributed by atoms with Gasteiger partial charge in [0.1, 0.15) is 17.5 Å². The number of sulfonamides is 1. The number of aromatic nitrogens is 5. The highest BCUT2D eigenvalue weighted by molar-refractivity contribution is 7.89. The molecule has 30 heavy (non-hydrogen) atoms. The third kappa shape index (κ3) is 3.63. The zero-order valence-corrected chi connectivity index (χ0v) is 16.3. The molecule has 0 spiro atoms. The van der Waals surface area contributed by atoms with Gasteiger partial charge in [-0.05, 0) is 6.07 Å². The van der Waals surface area contributed by atoms with Crippen molar-refractivity contribution in [1.29, 1.82) is 5.26 Å². The van der Waals surface area contributed by atoms with E-state index in [0.29, 0.717) is 16.9 Å². The fourth-order valence-corrected chi connectivity index (χ4v) is 5.09. The summed E-state index contributed by atoms with van der Waals surface area (Å²) in [4.78, 5) is 11.4. The fraction of sp³-hybridized carbons (Fsp3) is 0.412. The van der Waals surface area contributed by atoms with E-state index in [1.165, 1.54) is 11.0 Å². The number of H-pyrrole nitrogens is 1. The Morgan fingerprint density at radius 3 is 2.77 bits per heavy atom. The molecule has 0 bridgehead atoms. The largest absolute Gasteiger partial charge is 0.390 e. The lowest BCUT2D eigenvalue weighted by Crippen LogP contribution is -2.64. The molecule has 9 nitrogen and oxygen atoms in total. The molecule has 1 aliphatic rings. The minimum Gasteiger partial charge on any atom is -0.346 e. The molecule has 158 valence electrons. The Bertz CT molecular complexity index is 1220. The quantitative estimate of drug-likeness (QED) is 0.627. The second-order valence-electron chi connectivity index (χ2n) is 7.14. The van der Waals surface area contributed by atoms with E-state index in [1.807, 2.05) is 12.1 Å². The van der Waals surface area contributed by atoms with Crippen LogP contribution in [0.1, 0.15) is 12.8 Å². The molecule has 0 atom stereocenters. The van der Waals surface area contributed by atoms with E-state index < -0.39 is 33.9 Å². The number of nitriles is 1. The van der Waals surface area contributed by atoms with Crippen molar-refractivity contribution in [3.05, 3.63) is 31.0 Å². The van der Waals surface area contributed by atoms with E-state index in [1.54, 1.807) is 18.6 Å². The molecule has 0 aromatic carbocycles. The topological polar surface area (TPSA) is 121 Å². The average molecular weight is 439 g/mol. The number of nitrogens with zero attached hydrogens (tertiary/aromatic N) is 6. The number of alkyl halides is 3. The van der Waals surface area contributed by atoms with E-state index in [2.05, 4.69) is 20.1 Å². The lowest BCUT2D eigenvalue weighted by Gasteiger charge is -2.47. The van der Waals surface area contributed by atoms with E-state index in [0.717, 1.165) is 9.69 Å². The van der Waals surface area contributed by atoms with Gasteiger partial charge in [0, 0.05) is 36.4 Å². The van der Waals surface area contributed by atoms with Crippen LogP contribution in [-0.4, -0.2) is 62.5 Å². The normalized spacial score (nSPS) is 17.0. The molecule has 0 amide bonds. The highest BCUT2D eigenvalue weighted by atomic mass is 32.2. The Kier molecular flexibility index (Phi) is 4.78. The standard InChI is InChI=1S/C17H16F3N7O2S/c18-17(19,20)3-6-30(28,29)26-9-16(10-26,2-4-21)27-8-12(7-25-27)14-13-1-5-22-15(13)24-11-23-14/h1,5,7-8,11H,2-3,6,9-10H2,(H,22,23,24). The van der Waals surface area contributed by atoms with Gasteiger partial charge >= 0.3 is 6.18 Å². The van der Waals surface area contributed by atoms with Crippen LogP contribution in [0, 0.1) is 11.3 Å². The number of halogens is 3.